The lowest BCUT2D eigenvalue weighted by molar-refractivity contribution is -0.135. The van der Waals surface area contributed by atoms with Crippen LogP contribution in [0.2, 0.25) is 0 Å². The molecule has 1 heterocycles. The average molecular weight is 523 g/mol. The number of carbonyl (C=O) groups is 2. The molecule has 0 saturated heterocycles. The van der Waals surface area contributed by atoms with Crippen LogP contribution in [-0.4, -0.2) is 71.9 Å². The summed E-state index contributed by atoms with van der Waals surface area (Å²) in [5, 5.41) is 0. The number of esters is 1. The molecule has 9 heteroatoms. The maximum atomic E-state index is 13.5. The summed E-state index contributed by atoms with van der Waals surface area (Å²) < 4.78 is 27.5. The molecule has 9 nitrogen and oxygen atoms in total. The third-order valence-electron chi connectivity index (χ3n) is 6.25. The van der Waals surface area contributed by atoms with Gasteiger partial charge < -0.3 is 28.6 Å². The molecule has 38 heavy (non-hydrogen) atoms. The van der Waals surface area contributed by atoms with Gasteiger partial charge in [-0.15, -0.1) is 6.58 Å². The Morgan fingerprint density at radius 1 is 1.13 bits per heavy atom. The predicted octanol–water partition coefficient (Wildman–Crippen LogP) is 4.31. The molecule has 2 aromatic rings. The molecule has 1 aliphatic heterocycles. The standard InChI is InChI=1S/C29H34N2O7/c1-7-25(34-4)19(2)37-17-20(14-28(32)36-6)18-38-27-16-23(30-3)22(15-26(27)35-5)29(33)31-13-12-21-10-8-9-11-24(21)31/h7-11,14-16,19,25H,1,3,12-13,17-18H2,2,4-6H3/b20-14-. The third-order valence-corrected chi connectivity index (χ3v) is 6.25. The van der Waals surface area contributed by atoms with E-state index < -0.39 is 5.97 Å². The van der Waals surface area contributed by atoms with Crippen molar-refractivity contribution in [3.63, 3.8) is 0 Å². The number of ether oxygens (including phenoxy) is 5. The van der Waals surface area contributed by atoms with Crippen molar-refractivity contribution in [2.45, 2.75) is 25.6 Å². The SMILES string of the molecule is C=CC(OC)C(C)OC/C(=C/C(=O)OC)COc1cc(N=C)c(C(=O)N2CCc3ccccc32)cc1OC. The number of rotatable bonds is 13. The van der Waals surface area contributed by atoms with Crippen molar-refractivity contribution in [1.29, 1.82) is 0 Å². The van der Waals surface area contributed by atoms with Gasteiger partial charge in [-0.1, -0.05) is 24.3 Å². The highest BCUT2D eigenvalue weighted by molar-refractivity contribution is 6.10. The Balaban J connectivity index is 1.82. The minimum atomic E-state index is -0.542. The Morgan fingerprint density at radius 3 is 2.55 bits per heavy atom. The summed E-state index contributed by atoms with van der Waals surface area (Å²) in [6.45, 7) is 9.87. The summed E-state index contributed by atoms with van der Waals surface area (Å²) >= 11 is 0. The lowest BCUT2D eigenvalue weighted by atomic mass is 10.1. The Hall–Kier alpha value is -3.95. The zero-order chi connectivity index (χ0) is 27.7. The monoisotopic (exact) mass is 522 g/mol. The molecule has 0 radical (unpaired) electrons. The van der Waals surface area contributed by atoms with Crippen LogP contribution in [0.1, 0.15) is 22.8 Å². The van der Waals surface area contributed by atoms with Crippen LogP contribution in [0.3, 0.4) is 0 Å². The molecule has 1 aliphatic rings. The van der Waals surface area contributed by atoms with E-state index >= 15 is 0 Å². The Bertz CT molecular complexity index is 1210. The average Bonchev–Trinajstić information content (AvgIpc) is 3.38. The van der Waals surface area contributed by atoms with Crippen LogP contribution in [0.4, 0.5) is 11.4 Å². The van der Waals surface area contributed by atoms with E-state index in [1.54, 1.807) is 30.2 Å². The Kier molecular flexibility index (Phi) is 10.2. The van der Waals surface area contributed by atoms with Crippen molar-refractivity contribution < 1.29 is 33.3 Å². The van der Waals surface area contributed by atoms with Gasteiger partial charge in [0.25, 0.3) is 5.91 Å². The van der Waals surface area contributed by atoms with Gasteiger partial charge >= 0.3 is 5.97 Å². The number of aliphatic imine (C=N–C) groups is 1. The highest BCUT2D eigenvalue weighted by Gasteiger charge is 2.28. The van der Waals surface area contributed by atoms with Gasteiger partial charge in [0.05, 0.1) is 38.2 Å². The molecule has 1 amide bonds. The number of para-hydroxylation sites is 1. The van der Waals surface area contributed by atoms with Crippen LogP contribution in [0.5, 0.6) is 11.5 Å². The fourth-order valence-corrected chi connectivity index (χ4v) is 4.15. The van der Waals surface area contributed by atoms with Gasteiger partial charge in [0, 0.05) is 31.5 Å². The van der Waals surface area contributed by atoms with Gasteiger partial charge in [-0.05, 0) is 43.3 Å². The van der Waals surface area contributed by atoms with Crippen molar-refractivity contribution in [1.82, 2.24) is 0 Å². The van der Waals surface area contributed by atoms with Crippen LogP contribution >= 0.6 is 0 Å². The van der Waals surface area contributed by atoms with Crippen LogP contribution in [-0.2, 0) is 25.4 Å². The van der Waals surface area contributed by atoms with Crippen molar-refractivity contribution in [3.05, 3.63) is 71.8 Å². The largest absolute Gasteiger partial charge is 0.493 e. The van der Waals surface area contributed by atoms with E-state index in [-0.39, 0.29) is 31.3 Å². The molecule has 202 valence electrons. The number of nitrogens with zero attached hydrogens (tertiary/aromatic N) is 2. The second-order valence-electron chi connectivity index (χ2n) is 8.58. The lowest BCUT2D eigenvalue weighted by Crippen LogP contribution is -2.29. The molecule has 0 bridgehead atoms. The van der Waals surface area contributed by atoms with E-state index in [4.69, 9.17) is 23.7 Å². The number of fused-ring (bicyclic) bond motifs is 1. The molecule has 0 aromatic heterocycles. The first-order chi connectivity index (χ1) is 18.4. The number of carbonyl (C=O) groups excluding carboxylic acids is 2. The second kappa shape index (κ2) is 13.6. The first-order valence-electron chi connectivity index (χ1n) is 12.1. The first-order valence-corrected chi connectivity index (χ1v) is 12.1. The quantitative estimate of drug-likeness (QED) is 0.167. The van der Waals surface area contributed by atoms with Crippen molar-refractivity contribution in [2.75, 3.05) is 46.0 Å². The molecule has 0 spiro atoms. The fraction of sp³-hybridized carbons (Fsp3) is 0.345. The Morgan fingerprint density at radius 2 is 1.89 bits per heavy atom. The molecule has 0 saturated carbocycles. The molecule has 3 rings (SSSR count). The van der Waals surface area contributed by atoms with E-state index in [2.05, 4.69) is 18.3 Å². The minimum Gasteiger partial charge on any atom is -0.493 e. The molecule has 0 fully saturated rings. The van der Waals surface area contributed by atoms with Gasteiger partial charge in [0.1, 0.15) is 12.7 Å². The molecular weight excluding hydrogens is 488 g/mol. The summed E-state index contributed by atoms with van der Waals surface area (Å²) in [4.78, 5) is 31.2. The molecule has 2 unspecified atom stereocenters. The normalized spacial score (nSPS) is 14.3. The number of hydrogen-bond acceptors (Lipinski definition) is 8. The predicted molar refractivity (Wildman–Crippen MR) is 146 cm³/mol. The van der Waals surface area contributed by atoms with E-state index in [1.807, 2.05) is 31.2 Å². The van der Waals surface area contributed by atoms with Gasteiger partial charge in [-0.3, -0.25) is 9.79 Å². The summed E-state index contributed by atoms with van der Waals surface area (Å²) in [5.74, 6) is -0.0751. The molecule has 2 atom stereocenters. The van der Waals surface area contributed by atoms with E-state index in [1.165, 1.54) is 20.3 Å². The van der Waals surface area contributed by atoms with E-state index in [0.29, 0.717) is 34.9 Å². The number of hydrogen-bond donors (Lipinski definition) is 0. The summed E-state index contributed by atoms with van der Waals surface area (Å²) in [6.07, 6.45) is 3.10. The van der Waals surface area contributed by atoms with E-state index in [0.717, 1.165) is 17.7 Å². The smallest absolute Gasteiger partial charge is 0.330 e. The highest BCUT2D eigenvalue weighted by atomic mass is 16.5. The summed E-state index contributed by atoms with van der Waals surface area (Å²) in [7, 11) is 4.34. The van der Waals surface area contributed by atoms with Gasteiger partial charge in [-0.2, -0.15) is 0 Å². The number of benzene rings is 2. The topological polar surface area (TPSA) is 95.9 Å². The van der Waals surface area contributed by atoms with Crippen LogP contribution in [0.15, 0.2) is 65.7 Å². The van der Waals surface area contributed by atoms with Crippen LogP contribution in [0.25, 0.3) is 0 Å². The summed E-state index contributed by atoms with van der Waals surface area (Å²) in [6, 6.07) is 11.0. The minimum absolute atomic E-state index is 0.00665. The van der Waals surface area contributed by atoms with Crippen molar-refractivity contribution >= 4 is 30.0 Å². The number of methoxy groups -OCH3 is 3. The van der Waals surface area contributed by atoms with E-state index in [9.17, 15) is 9.59 Å². The fourth-order valence-electron chi connectivity index (χ4n) is 4.15. The van der Waals surface area contributed by atoms with Crippen molar-refractivity contribution in [3.8, 4) is 11.5 Å². The molecular formula is C29H34N2O7. The molecule has 2 aromatic carbocycles. The van der Waals surface area contributed by atoms with Gasteiger partial charge in [0.15, 0.2) is 11.5 Å². The maximum Gasteiger partial charge on any atom is 0.330 e. The second-order valence-corrected chi connectivity index (χ2v) is 8.58. The van der Waals surface area contributed by atoms with Crippen molar-refractivity contribution in [2.24, 2.45) is 4.99 Å². The third kappa shape index (κ3) is 6.67. The summed E-state index contributed by atoms with van der Waals surface area (Å²) in [5.41, 5.74) is 3.22. The zero-order valence-electron chi connectivity index (χ0n) is 22.3. The van der Waals surface area contributed by atoms with Crippen LogP contribution in [0, 0.1) is 0 Å². The Labute approximate surface area is 223 Å². The van der Waals surface area contributed by atoms with Gasteiger partial charge in [-0.25, -0.2) is 4.79 Å². The van der Waals surface area contributed by atoms with Gasteiger partial charge in [0.2, 0.25) is 0 Å². The van der Waals surface area contributed by atoms with Crippen LogP contribution < -0.4 is 14.4 Å². The zero-order valence-corrected chi connectivity index (χ0v) is 22.3. The number of anilines is 1. The molecule has 0 N–H and O–H groups in total. The number of amides is 1. The maximum absolute atomic E-state index is 13.5. The molecule has 0 aliphatic carbocycles. The lowest BCUT2D eigenvalue weighted by Gasteiger charge is -2.21. The highest BCUT2D eigenvalue weighted by Crippen LogP contribution is 2.37. The first kappa shape index (κ1) is 28.6.